The van der Waals surface area contributed by atoms with Gasteiger partial charge in [0.15, 0.2) is 5.78 Å². The SMILES string of the molecule is CC(=O)c1cccc(S(=O)(=O)NC2CC(N(C)c3ncnc4[nH]ccc34)C2)c1. The second kappa shape index (κ2) is 6.99. The molecule has 0 saturated heterocycles. The number of ketones is 1. The van der Waals surface area contributed by atoms with Gasteiger partial charge in [0.25, 0.3) is 0 Å². The van der Waals surface area contributed by atoms with Crippen LogP contribution in [0, 0.1) is 0 Å². The standard InChI is InChI=1S/C19H21N5O3S/c1-12(25)13-4-3-5-16(8-13)28(26,27)23-14-9-15(10-14)24(2)19-17-6-7-20-18(17)21-11-22-19/h3-8,11,14-15,23H,9-10H2,1-2H3,(H,20,21,22). The third-order valence-electron chi connectivity index (χ3n) is 5.20. The molecular weight excluding hydrogens is 378 g/mol. The van der Waals surface area contributed by atoms with Gasteiger partial charge in [0, 0.05) is 30.9 Å². The van der Waals surface area contributed by atoms with Crippen molar-refractivity contribution in [1.82, 2.24) is 19.7 Å². The minimum atomic E-state index is -3.67. The summed E-state index contributed by atoms with van der Waals surface area (Å²) in [6.45, 7) is 1.42. The number of fused-ring (bicyclic) bond motifs is 1. The number of H-pyrrole nitrogens is 1. The summed E-state index contributed by atoms with van der Waals surface area (Å²) in [6, 6.07) is 8.07. The highest BCUT2D eigenvalue weighted by Gasteiger charge is 2.36. The lowest BCUT2D eigenvalue weighted by molar-refractivity contribution is 0.101. The van der Waals surface area contributed by atoms with E-state index >= 15 is 0 Å². The van der Waals surface area contributed by atoms with Crippen molar-refractivity contribution in [3.8, 4) is 0 Å². The molecule has 4 rings (SSSR count). The minimum absolute atomic E-state index is 0.113. The first-order chi connectivity index (χ1) is 13.3. The number of carbonyl (C=O) groups is 1. The van der Waals surface area contributed by atoms with Crippen molar-refractivity contribution in [2.75, 3.05) is 11.9 Å². The summed E-state index contributed by atoms with van der Waals surface area (Å²) in [7, 11) is -1.71. The van der Waals surface area contributed by atoms with Crippen molar-refractivity contribution < 1.29 is 13.2 Å². The molecule has 1 fully saturated rings. The van der Waals surface area contributed by atoms with Gasteiger partial charge in [0.1, 0.15) is 17.8 Å². The molecule has 0 radical (unpaired) electrons. The van der Waals surface area contributed by atoms with E-state index < -0.39 is 10.0 Å². The summed E-state index contributed by atoms with van der Waals surface area (Å²) in [6.07, 6.45) is 4.70. The number of nitrogens with one attached hydrogen (secondary N) is 2. The fourth-order valence-corrected chi connectivity index (χ4v) is 4.79. The molecule has 2 N–H and O–H groups in total. The predicted molar refractivity (Wildman–Crippen MR) is 106 cm³/mol. The molecule has 1 aliphatic rings. The maximum absolute atomic E-state index is 12.6. The van der Waals surface area contributed by atoms with Crippen LogP contribution in [0.2, 0.25) is 0 Å². The third kappa shape index (κ3) is 3.38. The van der Waals surface area contributed by atoms with E-state index in [0.717, 1.165) is 16.9 Å². The van der Waals surface area contributed by atoms with E-state index in [-0.39, 0.29) is 22.8 Å². The fourth-order valence-electron chi connectivity index (χ4n) is 3.48. The monoisotopic (exact) mass is 399 g/mol. The molecule has 8 nitrogen and oxygen atoms in total. The van der Waals surface area contributed by atoms with E-state index in [1.54, 1.807) is 12.1 Å². The largest absolute Gasteiger partial charge is 0.356 e. The highest BCUT2D eigenvalue weighted by Crippen LogP contribution is 2.31. The van der Waals surface area contributed by atoms with Crippen LogP contribution in [0.15, 0.2) is 47.8 Å². The van der Waals surface area contributed by atoms with Crippen LogP contribution in [0.25, 0.3) is 11.0 Å². The second-order valence-corrected chi connectivity index (χ2v) is 8.79. The molecule has 0 atom stereocenters. The van der Waals surface area contributed by atoms with Gasteiger partial charge in [-0.1, -0.05) is 12.1 Å². The molecule has 9 heteroatoms. The Morgan fingerprint density at radius 3 is 2.79 bits per heavy atom. The first-order valence-corrected chi connectivity index (χ1v) is 10.5. The number of benzene rings is 1. The molecule has 28 heavy (non-hydrogen) atoms. The van der Waals surface area contributed by atoms with E-state index in [9.17, 15) is 13.2 Å². The van der Waals surface area contributed by atoms with E-state index in [1.165, 1.54) is 25.4 Å². The number of carbonyl (C=O) groups excluding carboxylic acids is 1. The lowest BCUT2D eigenvalue weighted by atomic mass is 9.86. The lowest BCUT2D eigenvalue weighted by Crippen LogP contribution is -2.53. The molecule has 1 aromatic carbocycles. The Balaban J connectivity index is 1.43. The molecule has 2 aromatic heterocycles. The topological polar surface area (TPSA) is 108 Å². The van der Waals surface area contributed by atoms with E-state index in [1.807, 2.05) is 19.3 Å². The van der Waals surface area contributed by atoms with Crippen LogP contribution in [0.1, 0.15) is 30.1 Å². The quantitative estimate of drug-likeness (QED) is 0.615. The molecular formula is C19H21N5O3S. The van der Waals surface area contributed by atoms with Crippen molar-refractivity contribution in [3.05, 3.63) is 48.4 Å². The minimum Gasteiger partial charge on any atom is -0.356 e. The van der Waals surface area contributed by atoms with Crippen LogP contribution in [0.4, 0.5) is 5.82 Å². The van der Waals surface area contributed by atoms with Gasteiger partial charge in [0.05, 0.1) is 10.3 Å². The highest BCUT2D eigenvalue weighted by molar-refractivity contribution is 7.89. The molecule has 2 heterocycles. The Hall–Kier alpha value is -2.78. The molecule has 1 saturated carbocycles. The van der Waals surface area contributed by atoms with E-state index in [2.05, 4.69) is 24.6 Å². The van der Waals surface area contributed by atoms with Crippen LogP contribution in [0.5, 0.6) is 0 Å². The zero-order valence-corrected chi connectivity index (χ0v) is 16.4. The molecule has 0 bridgehead atoms. The van der Waals surface area contributed by atoms with Crippen molar-refractivity contribution >= 4 is 32.7 Å². The Kier molecular flexibility index (Phi) is 4.64. The molecule has 0 unspecified atom stereocenters. The number of rotatable bonds is 6. The van der Waals surface area contributed by atoms with Crippen LogP contribution < -0.4 is 9.62 Å². The summed E-state index contributed by atoms with van der Waals surface area (Å²) in [5.74, 6) is 0.662. The van der Waals surface area contributed by atoms with Gasteiger partial charge in [-0.2, -0.15) is 0 Å². The molecule has 3 aromatic rings. The van der Waals surface area contributed by atoms with E-state index in [4.69, 9.17) is 0 Å². The Bertz CT molecular complexity index is 1140. The summed E-state index contributed by atoms with van der Waals surface area (Å²) < 4.78 is 28.0. The highest BCUT2D eigenvalue weighted by atomic mass is 32.2. The number of nitrogens with zero attached hydrogens (tertiary/aromatic N) is 3. The summed E-state index contributed by atoms with van der Waals surface area (Å²) in [5, 5.41) is 0.940. The number of hydrogen-bond acceptors (Lipinski definition) is 6. The van der Waals surface area contributed by atoms with Gasteiger partial charge in [0.2, 0.25) is 10.0 Å². The number of Topliss-reactive ketones (excluding diaryl/α,β-unsaturated/α-hetero) is 1. The summed E-state index contributed by atoms with van der Waals surface area (Å²) in [5.41, 5.74) is 1.16. The van der Waals surface area contributed by atoms with Gasteiger partial charge < -0.3 is 9.88 Å². The Morgan fingerprint density at radius 2 is 2.04 bits per heavy atom. The lowest BCUT2D eigenvalue weighted by Gasteiger charge is -2.41. The van der Waals surface area contributed by atoms with Crippen LogP contribution in [0.3, 0.4) is 0 Å². The van der Waals surface area contributed by atoms with Crippen LogP contribution >= 0.6 is 0 Å². The predicted octanol–water partition coefficient (Wildman–Crippen LogP) is 2.11. The van der Waals surface area contributed by atoms with Crippen molar-refractivity contribution in [2.45, 2.75) is 36.7 Å². The Morgan fingerprint density at radius 1 is 1.25 bits per heavy atom. The van der Waals surface area contributed by atoms with Crippen molar-refractivity contribution in [2.24, 2.45) is 0 Å². The van der Waals surface area contributed by atoms with E-state index in [0.29, 0.717) is 18.4 Å². The molecule has 146 valence electrons. The van der Waals surface area contributed by atoms with Crippen molar-refractivity contribution in [1.29, 1.82) is 0 Å². The number of anilines is 1. The van der Waals surface area contributed by atoms with Crippen LogP contribution in [-0.4, -0.2) is 48.3 Å². The maximum Gasteiger partial charge on any atom is 0.240 e. The third-order valence-corrected chi connectivity index (χ3v) is 6.72. The first kappa shape index (κ1) is 18.6. The molecule has 0 spiro atoms. The van der Waals surface area contributed by atoms with Crippen molar-refractivity contribution in [3.63, 3.8) is 0 Å². The molecule has 1 aliphatic carbocycles. The van der Waals surface area contributed by atoms with Gasteiger partial charge in [-0.15, -0.1) is 0 Å². The smallest absolute Gasteiger partial charge is 0.240 e. The van der Waals surface area contributed by atoms with Gasteiger partial charge >= 0.3 is 0 Å². The first-order valence-electron chi connectivity index (χ1n) is 8.99. The maximum atomic E-state index is 12.6. The molecule has 0 aliphatic heterocycles. The van der Waals surface area contributed by atoms with Gasteiger partial charge in [-0.25, -0.2) is 23.1 Å². The Labute approximate surface area is 163 Å². The number of aromatic nitrogens is 3. The summed E-state index contributed by atoms with van der Waals surface area (Å²) in [4.78, 5) is 25.3. The average molecular weight is 399 g/mol. The molecule has 0 amide bonds. The average Bonchev–Trinajstić information content (AvgIpc) is 3.12. The second-order valence-electron chi connectivity index (χ2n) is 7.08. The zero-order chi connectivity index (χ0) is 19.9. The zero-order valence-electron chi connectivity index (χ0n) is 15.6. The fraction of sp³-hybridized carbons (Fsp3) is 0.316. The van der Waals surface area contributed by atoms with Crippen LogP contribution in [-0.2, 0) is 10.0 Å². The van der Waals surface area contributed by atoms with Gasteiger partial charge in [-0.05, 0) is 38.0 Å². The summed E-state index contributed by atoms with van der Waals surface area (Å²) >= 11 is 0. The number of hydrogen-bond donors (Lipinski definition) is 2. The normalized spacial score (nSPS) is 19.4. The number of sulfonamides is 1. The van der Waals surface area contributed by atoms with Gasteiger partial charge in [-0.3, -0.25) is 4.79 Å². The number of aromatic amines is 1.